The molecule has 3 nitrogen and oxygen atoms in total. The second-order valence-corrected chi connectivity index (χ2v) is 7.14. The molecule has 1 aliphatic heterocycles. The van der Waals surface area contributed by atoms with E-state index in [9.17, 15) is 0 Å². The summed E-state index contributed by atoms with van der Waals surface area (Å²) in [5.74, 6) is 0.805. The highest BCUT2D eigenvalue weighted by atomic mass is 32.1. The average molecular weight is 303 g/mol. The molecule has 21 heavy (non-hydrogen) atoms. The highest BCUT2D eigenvalue weighted by Crippen LogP contribution is 2.23. The molecule has 0 amide bonds. The van der Waals surface area contributed by atoms with E-state index in [0.717, 1.165) is 18.0 Å². The maximum Gasteiger partial charge on any atom is 0.108 e. The largest absolute Gasteiger partial charge is 0.316 e. The van der Waals surface area contributed by atoms with Crippen LogP contribution in [0.4, 0.5) is 0 Å². The van der Waals surface area contributed by atoms with Crippen LogP contribution in [0.3, 0.4) is 0 Å². The van der Waals surface area contributed by atoms with Gasteiger partial charge in [0.1, 0.15) is 5.01 Å². The van der Waals surface area contributed by atoms with E-state index in [2.05, 4.69) is 41.4 Å². The second-order valence-electron chi connectivity index (χ2n) is 6.02. The predicted octanol–water partition coefficient (Wildman–Crippen LogP) is 3.51. The fraction of sp³-hybridized carbons (Fsp3) is 0.588. The van der Waals surface area contributed by atoms with Crippen LogP contribution in [0, 0.1) is 5.92 Å². The van der Waals surface area contributed by atoms with Crippen molar-refractivity contribution in [2.75, 3.05) is 26.2 Å². The van der Waals surface area contributed by atoms with Gasteiger partial charge in [-0.15, -0.1) is 11.3 Å². The lowest BCUT2D eigenvalue weighted by molar-refractivity contribution is 0.201. The third kappa shape index (κ3) is 4.02. The van der Waals surface area contributed by atoms with E-state index in [1.165, 1.54) is 55.1 Å². The van der Waals surface area contributed by atoms with Gasteiger partial charge in [0.25, 0.3) is 0 Å². The predicted molar refractivity (Wildman–Crippen MR) is 90.8 cm³/mol. The lowest BCUT2D eigenvalue weighted by atomic mass is 9.99. The average Bonchev–Trinajstić information content (AvgIpc) is 2.90. The molecule has 1 fully saturated rings. The van der Waals surface area contributed by atoms with Crippen LogP contribution in [0.1, 0.15) is 31.2 Å². The number of fused-ring (bicyclic) bond motifs is 1. The van der Waals surface area contributed by atoms with Crippen molar-refractivity contribution in [3.8, 4) is 0 Å². The first-order valence-electron chi connectivity index (χ1n) is 8.12. The minimum Gasteiger partial charge on any atom is -0.316 e. The molecule has 0 saturated carbocycles. The SMILES string of the molecule is CCCN(Cc1nc2ccccc2s1)CC1CCCNC1. The van der Waals surface area contributed by atoms with Crippen LogP contribution in [-0.4, -0.2) is 36.1 Å². The van der Waals surface area contributed by atoms with Gasteiger partial charge in [0.05, 0.1) is 16.8 Å². The maximum atomic E-state index is 4.79. The summed E-state index contributed by atoms with van der Waals surface area (Å²) in [5, 5.41) is 4.79. The molecule has 0 aliphatic carbocycles. The number of aromatic nitrogens is 1. The van der Waals surface area contributed by atoms with Crippen LogP contribution in [-0.2, 0) is 6.54 Å². The van der Waals surface area contributed by atoms with E-state index in [0.29, 0.717) is 0 Å². The molecule has 1 aromatic heterocycles. The first-order chi connectivity index (χ1) is 10.3. The van der Waals surface area contributed by atoms with Crippen LogP contribution in [0.2, 0.25) is 0 Å². The molecule has 1 unspecified atom stereocenters. The standard InChI is InChI=1S/C17H25N3S/c1-2-10-20(12-14-6-5-9-18-11-14)13-17-19-15-7-3-4-8-16(15)21-17/h3-4,7-8,14,18H,2,5-6,9-13H2,1H3. The Labute approximate surface area is 131 Å². The summed E-state index contributed by atoms with van der Waals surface area (Å²) in [6.07, 6.45) is 3.91. The fourth-order valence-corrected chi connectivity index (χ4v) is 4.18. The van der Waals surface area contributed by atoms with Crippen molar-refractivity contribution in [1.82, 2.24) is 15.2 Å². The van der Waals surface area contributed by atoms with Crippen molar-refractivity contribution in [1.29, 1.82) is 0 Å². The smallest absolute Gasteiger partial charge is 0.108 e. The van der Waals surface area contributed by atoms with Gasteiger partial charge in [0.2, 0.25) is 0 Å². The molecule has 3 rings (SSSR count). The van der Waals surface area contributed by atoms with Gasteiger partial charge >= 0.3 is 0 Å². The van der Waals surface area contributed by atoms with Crippen LogP contribution < -0.4 is 5.32 Å². The van der Waals surface area contributed by atoms with Crippen LogP contribution in [0.15, 0.2) is 24.3 Å². The normalized spacial score (nSPS) is 19.4. The molecule has 0 bridgehead atoms. The summed E-state index contributed by atoms with van der Waals surface area (Å²) >= 11 is 1.85. The van der Waals surface area contributed by atoms with E-state index in [1.807, 2.05) is 11.3 Å². The summed E-state index contributed by atoms with van der Waals surface area (Å²) in [6, 6.07) is 8.46. The summed E-state index contributed by atoms with van der Waals surface area (Å²) in [7, 11) is 0. The number of nitrogens with one attached hydrogen (secondary N) is 1. The van der Waals surface area contributed by atoms with Crippen LogP contribution in [0.5, 0.6) is 0 Å². The number of hydrogen-bond acceptors (Lipinski definition) is 4. The number of thiazole rings is 1. The second kappa shape index (κ2) is 7.34. The van der Waals surface area contributed by atoms with Crippen molar-refractivity contribution in [2.45, 2.75) is 32.7 Å². The van der Waals surface area contributed by atoms with Crippen LogP contribution in [0.25, 0.3) is 10.2 Å². The maximum absolute atomic E-state index is 4.79. The molecule has 1 aromatic carbocycles. The molecular formula is C17H25N3S. The quantitative estimate of drug-likeness (QED) is 0.885. The van der Waals surface area contributed by atoms with Gasteiger partial charge in [0.15, 0.2) is 0 Å². The Bertz CT molecular complexity index is 527. The third-order valence-electron chi connectivity index (χ3n) is 4.15. The Hall–Kier alpha value is -0.970. The zero-order chi connectivity index (χ0) is 14.5. The van der Waals surface area contributed by atoms with Gasteiger partial charge in [-0.25, -0.2) is 4.98 Å². The minimum absolute atomic E-state index is 0.805. The van der Waals surface area contributed by atoms with Crippen LogP contribution >= 0.6 is 11.3 Å². The van der Waals surface area contributed by atoms with Crippen molar-refractivity contribution in [3.05, 3.63) is 29.3 Å². The summed E-state index contributed by atoms with van der Waals surface area (Å²) in [4.78, 5) is 7.38. The van der Waals surface area contributed by atoms with Crippen molar-refractivity contribution in [2.24, 2.45) is 5.92 Å². The number of hydrogen-bond donors (Lipinski definition) is 1. The molecule has 1 N–H and O–H groups in total. The number of benzene rings is 1. The number of rotatable bonds is 6. The molecule has 1 atom stereocenters. The zero-order valence-corrected chi connectivity index (χ0v) is 13.7. The Morgan fingerprint density at radius 3 is 3.05 bits per heavy atom. The molecule has 4 heteroatoms. The Morgan fingerprint density at radius 1 is 1.38 bits per heavy atom. The first kappa shape index (κ1) is 14.9. The summed E-state index contributed by atoms with van der Waals surface area (Å²) < 4.78 is 1.31. The van der Waals surface area contributed by atoms with E-state index < -0.39 is 0 Å². The zero-order valence-electron chi connectivity index (χ0n) is 12.8. The Balaban J connectivity index is 1.65. The van der Waals surface area contributed by atoms with Gasteiger partial charge in [-0.3, -0.25) is 4.90 Å². The van der Waals surface area contributed by atoms with Gasteiger partial charge < -0.3 is 5.32 Å². The van der Waals surface area contributed by atoms with Gasteiger partial charge in [-0.1, -0.05) is 19.1 Å². The lowest BCUT2D eigenvalue weighted by Crippen LogP contribution is -2.38. The fourth-order valence-electron chi connectivity index (χ4n) is 3.17. The molecule has 2 aromatic rings. The molecule has 114 valence electrons. The number of nitrogens with zero attached hydrogens (tertiary/aromatic N) is 2. The molecule has 0 spiro atoms. The molecule has 1 saturated heterocycles. The highest BCUT2D eigenvalue weighted by molar-refractivity contribution is 7.18. The molecule has 0 radical (unpaired) electrons. The van der Waals surface area contributed by atoms with Crippen molar-refractivity contribution in [3.63, 3.8) is 0 Å². The third-order valence-corrected chi connectivity index (χ3v) is 5.17. The van der Waals surface area contributed by atoms with Gasteiger partial charge in [0, 0.05) is 6.54 Å². The molecule has 1 aliphatic rings. The Morgan fingerprint density at radius 2 is 2.29 bits per heavy atom. The van der Waals surface area contributed by atoms with E-state index in [1.54, 1.807) is 0 Å². The van der Waals surface area contributed by atoms with Gasteiger partial charge in [-0.2, -0.15) is 0 Å². The lowest BCUT2D eigenvalue weighted by Gasteiger charge is -2.29. The topological polar surface area (TPSA) is 28.2 Å². The minimum atomic E-state index is 0.805. The van der Waals surface area contributed by atoms with Gasteiger partial charge in [-0.05, 0) is 56.9 Å². The van der Waals surface area contributed by atoms with Crippen molar-refractivity contribution >= 4 is 21.6 Å². The monoisotopic (exact) mass is 303 g/mol. The molecular weight excluding hydrogens is 278 g/mol. The van der Waals surface area contributed by atoms with Crippen molar-refractivity contribution < 1.29 is 0 Å². The van der Waals surface area contributed by atoms with E-state index in [4.69, 9.17) is 4.98 Å². The number of piperidine rings is 1. The highest BCUT2D eigenvalue weighted by Gasteiger charge is 2.17. The molecule has 2 heterocycles. The summed E-state index contributed by atoms with van der Waals surface area (Å²) in [6.45, 7) is 8.03. The summed E-state index contributed by atoms with van der Waals surface area (Å²) in [5.41, 5.74) is 1.15. The van der Waals surface area contributed by atoms with E-state index in [-0.39, 0.29) is 0 Å². The number of para-hydroxylation sites is 1. The van der Waals surface area contributed by atoms with E-state index >= 15 is 0 Å². The Kier molecular flexibility index (Phi) is 5.22. The first-order valence-corrected chi connectivity index (χ1v) is 8.94.